The van der Waals surface area contributed by atoms with Gasteiger partial charge in [-0.05, 0) is 39.0 Å². The number of anilines is 2. The molecule has 0 saturated heterocycles. The van der Waals surface area contributed by atoms with Gasteiger partial charge in [0, 0.05) is 31.1 Å². The van der Waals surface area contributed by atoms with Gasteiger partial charge in [-0.25, -0.2) is 9.97 Å². The van der Waals surface area contributed by atoms with E-state index in [-0.39, 0.29) is 0 Å². The van der Waals surface area contributed by atoms with E-state index in [9.17, 15) is 0 Å². The Morgan fingerprint density at radius 1 is 1.10 bits per heavy atom. The van der Waals surface area contributed by atoms with Crippen LogP contribution in [0.5, 0.6) is 0 Å². The molecule has 0 radical (unpaired) electrons. The summed E-state index contributed by atoms with van der Waals surface area (Å²) in [6, 6.07) is 0.701. The van der Waals surface area contributed by atoms with Crippen LogP contribution in [-0.2, 0) is 6.42 Å². The summed E-state index contributed by atoms with van der Waals surface area (Å²) in [5.41, 5.74) is 1.21. The number of hydrogen-bond donors (Lipinski definition) is 1. The summed E-state index contributed by atoms with van der Waals surface area (Å²) in [5, 5.41) is 3.48. The van der Waals surface area contributed by atoms with Crippen LogP contribution in [0.25, 0.3) is 0 Å². The molecule has 1 aromatic heterocycles. The molecule has 0 atom stereocenters. The monoisotopic (exact) mass is 290 g/mol. The van der Waals surface area contributed by atoms with Crippen LogP contribution in [0.1, 0.15) is 64.3 Å². The molecule has 2 rings (SSSR count). The maximum atomic E-state index is 4.89. The van der Waals surface area contributed by atoms with E-state index in [1.807, 2.05) is 0 Å². The smallest absolute Gasteiger partial charge is 0.137 e. The number of aromatic nitrogens is 2. The molecule has 0 bridgehead atoms. The van der Waals surface area contributed by atoms with Crippen molar-refractivity contribution in [1.29, 1.82) is 0 Å². The number of aryl methyl sites for hydroxylation is 1. The molecule has 1 saturated carbocycles. The highest BCUT2D eigenvalue weighted by Crippen LogP contribution is 2.34. The first-order chi connectivity index (χ1) is 10.2. The molecule has 1 heterocycles. The zero-order valence-electron chi connectivity index (χ0n) is 14.1. The van der Waals surface area contributed by atoms with Gasteiger partial charge < -0.3 is 10.2 Å². The third-order valence-electron chi connectivity index (χ3n) is 3.91. The van der Waals surface area contributed by atoms with Crippen molar-refractivity contribution in [2.45, 2.75) is 72.3 Å². The Labute approximate surface area is 129 Å². The summed E-state index contributed by atoms with van der Waals surface area (Å²) in [6.45, 7) is 10.8. The second-order valence-corrected chi connectivity index (χ2v) is 6.04. The Kier molecular flexibility index (Phi) is 5.83. The van der Waals surface area contributed by atoms with Gasteiger partial charge in [0.25, 0.3) is 0 Å². The quantitative estimate of drug-likeness (QED) is 0.748. The van der Waals surface area contributed by atoms with Crippen LogP contribution in [0.4, 0.5) is 11.6 Å². The average Bonchev–Trinajstić information content (AvgIpc) is 3.30. The van der Waals surface area contributed by atoms with Crippen LogP contribution < -0.4 is 10.2 Å². The summed E-state index contributed by atoms with van der Waals surface area (Å²) >= 11 is 0. The van der Waals surface area contributed by atoms with Crippen molar-refractivity contribution in [2.75, 3.05) is 23.3 Å². The van der Waals surface area contributed by atoms with Crippen molar-refractivity contribution in [3.63, 3.8) is 0 Å². The molecule has 0 amide bonds. The lowest BCUT2D eigenvalue weighted by atomic mass is 10.2. The number of nitrogens with one attached hydrogen (secondary N) is 1. The molecular weight excluding hydrogens is 260 g/mol. The molecule has 21 heavy (non-hydrogen) atoms. The highest BCUT2D eigenvalue weighted by Gasteiger charge is 2.31. The Morgan fingerprint density at radius 3 is 2.43 bits per heavy atom. The van der Waals surface area contributed by atoms with Crippen molar-refractivity contribution in [1.82, 2.24) is 9.97 Å². The van der Waals surface area contributed by atoms with Crippen molar-refractivity contribution in [3.8, 4) is 0 Å². The molecule has 0 aliphatic heterocycles. The molecule has 4 nitrogen and oxygen atoms in total. The van der Waals surface area contributed by atoms with Crippen LogP contribution in [-0.4, -0.2) is 29.1 Å². The van der Waals surface area contributed by atoms with Crippen LogP contribution >= 0.6 is 0 Å². The zero-order valence-corrected chi connectivity index (χ0v) is 14.1. The number of hydrogen-bond acceptors (Lipinski definition) is 4. The predicted octanol–water partition coefficient (Wildman–Crippen LogP) is 3.94. The molecule has 1 aliphatic carbocycles. The molecule has 0 spiro atoms. The summed E-state index contributed by atoms with van der Waals surface area (Å²) in [6.07, 6.45) is 6.95. The molecule has 1 aromatic rings. The highest BCUT2D eigenvalue weighted by atomic mass is 15.2. The van der Waals surface area contributed by atoms with Crippen molar-refractivity contribution >= 4 is 11.6 Å². The van der Waals surface area contributed by atoms with E-state index in [2.05, 4.69) is 37.9 Å². The van der Waals surface area contributed by atoms with E-state index in [1.165, 1.54) is 24.8 Å². The lowest BCUT2D eigenvalue weighted by Crippen LogP contribution is -2.29. The normalized spacial score (nSPS) is 14.3. The molecule has 118 valence electrons. The van der Waals surface area contributed by atoms with E-state index in [1.54, 1.807) is 0 Å². The first-order valence-corrected chi connectivity index (χ1v) is 8.59. The van der Waals surface area contributed by atoms with Crippen LogP contribution in [0, 0.1) is 6.92 Å². The molecule has 4 heteroatoms. The maximum Gasteiger partial charge on any atom is 0.137 e. The summed E-state index contributed by atoms with van der Waals surface area (Å²) < 4.78 is 0. The standard InChI is InChI=1S/C17H30N4/c1-5-8-15-19-16(18-11-6-2)13(4)17(20-15)21(12-7-3)14-9-10-14/h14H,5-12H2,1-4H3,(H,18,19,20). The third kappa shape index (κ3) is 4.08. The Balaban J connectivity index is 2.33. The fourth-order valence-electron chi connectivity index (χ4n) is 2.67. The van der Waals surface area contributed by atoms with Gasteiger partial charge in [-0.15, -0.1) is 0 Å². The van der Waals surface area contributed by atoms with E-state index in [4.69, 9.17) is 9.97 Å². The van der Waals surface area contributed by atoms with Gasteiger partial charge in [0.15, 0.2) is 0 Å². The fraction of sp³-hybridized carbons (Fsp3) is 0.765. The predicted molar refractivity (Wildman–Crippen MR) is 90.2 cm³/mol. The van der Waals surface area contributed by atoms with Crippen molar-refractivity contribution < 1.29 is 0 Å². The maximum absolute atomic E-state index is 4.89. The summed E-state index contributed by atoms with van der Waals surface area (Å²) in [5.74, 6) is 3.18. The van der Waals surface area contributed by atoms with Gasteiger partial charge in [0.2, 0.25) is 0 Å². The molecular formula is C17H30N4. The Hall–Kier alpha value is -1.32. The fourth-order valence-corrected chi connectivity index (χ4v) is 2.67. The number of rotatable bonds is 9. The molecule has 0 aromatic carbocycles. The van der Waals surface area contributed by atoms with Gasteiger partial charge in [-0.1, -0.05) is 20.8 Å². The van der Waals surface area contributed by atoms with Gasteiger partial charge >= 0.3 is 0 Å². The minimum Gasteiger partial charge on any atom is -0.370 e. The van der Waals surface area contributed by atoms with Gasteiger partial charge in [0.05, 0.1) is 0 Å². The lowest BCUT2D eigenvalue weighted by Gasteiger charge is -2.26. The van der Waals surface area contributed by atoms with E-state index in [0.717, 1.165) is 49.8 Å². The van der Waals surface area contributed by atoms with Crippen LogP contribution in [0.3, 0.4) is 0 Å². The zero-order chi connectivity index (χ0) is 15.2. The Morgan fingerprint density at radius 2 is 1.86 bits per heavy atom. The van der Waals surface area contributed by atoms with Crippen LogP contribution in [0.15, 0.2) is 0 Å². The summed E-state index contributed by atoms with van der Waals surface area (Å²) in [7, 11) is 0. The second-order valence-electron chi connectivity index (χ2n) is 6.04. The van der Waals surface area contributed by atoms with Crippen LogP contribution in [0.2, 0.25) is 0 Å². The first-order valence-electron chi connectivity index (χ1n) is 8.59. The second kappa shape index (κ2) is 7.62. The lowest BCUT2D eigenvalue weighted by molar-refractivity contribution is 0.732. The third-order valence-corrected chi connectivity index (χ3v) is 3.91. The largest absolute Gasteiger partial charge is 0.370 e. The van der Waals surface area contributed by atoms with E-state index in [0.29, 0.717) is 6.04 Å². The van der Waals surface area contributed by atoms with E-state index < -0.39 is 0 Å². The molecule has 1 aliphatic rings. The van der Waals surface area contributed by atoms with Crippen molar-refractivity contribution in [2.24, 2.45) is 0 Å². The first kappa shape index (κ1) is 16.1. The summed E-state index contributed by atoms with van der Waals surface area (Å²) in [4.78, 5) is 12.1. The van der Waals surface area contributed by atoms with E-state index >= 15 is 0 Å². The molecule has 0 unspecified atom stereocenters. The Bertz CT molecular complexity index is 454. The van der Waals surface area contributed by atoms with Gasteiger partial charge in [-0.2, -0.15) is 0 Å². The minimum absolute atomic E-state index is 0.701. The highest BCUT2D eigenvalue weighted by molar-refractivity contribution is 5.59. The topological polar surface area (TPSA) is 41.1 Å². The van der Waals surface area contributed by atoms with Crippen molar-refractivity contribution in [3.05, 3.63) is 11.4 Å². The number of nitrogens with zero attached hydrogens (tertiary/aromatic N) is 3. The average molecular weight is 290 g/mol. The van der Waals surface area contributed by atoms with Gasteiger partial charge in [-0.3, -0.25) is 0 Å². The minimum atomic E-state index is 0.701. The van der Waals surface area contributed by atoms with Gasteiger partial charge in [0.1, 0.15) is 17.5 Å². The molecule has 1 N–H and O–H groups in total. The SMILES string of the molecule is CCCNc1nc(CCC)nc(N(CCC)C2CC2)c1C. The molecule has 1 fully saturated rings.